The van der Waals surface area contributed by atoms with Crippen molar-refractivity contribution in [2.75, 3.05) is 4.43 Å². The number of fused-ring (bicyclic) bond motifs is 3. The Morgan fingerprint density at radius 3 is 2.48 bits per heavy atom. The Bertz CT molecular complexity index is 806. The first-order valence-electron chi connectivity index (χ1n) is 6.60. The van der Waals surface area contributed by atoms with Crippen LogP contribution in [0.1, 0.15) is 20.6 Å². The second-order valence-corrected chi connectivity index (χ2v) is 8.87. The van der Waals surface area contributed by atoms with Gasteiger partial charge in [0.2, 0.25) is 0 Å². The molecule has 1 aliphatic carbocycles. The average Bonchev–Trinajstić information content (AvgIpc) is 3.25. The first-order valence-corrected chi connectivity index (χ1v) is 9.75. The molecular weight excluding hydrogens is 399 g/mol. The molecule has 1 saturated heterocycles. The molecule has 0 aromatic heterocycles. The Hall–Kier alpha value is -1.33. The van der Waals surface area contributed by atoms with E-state index in [2.05, 4.69) is 18.2 Å². The third-order valence-corrected chi connectivity index (χ3v) is 6.55. The van der Waals surface area contributed by atoms with Gasteiger partial charge in [-0.05, 0) is 0 Å². The fourth-order valence-electron chi connectivity index (χ4n) is 2.84. The van der Waals surface area contributed by atoms with Crippen LogP contribution < -0.4 is 21.2 Å². The van der Waals surface area contributed by atoms with Gasteiger partial charge in [-0.1, -0.05) is 0 Å². The van der Waals surface area contributed by atoms with Crippen molar-refractivity contribution >= 4 is 23.1 Å². The maximum atomic E-state index is 11.2. The molecule has 0 saturated carbocycles. The summed E-state index contributed by atoms with van der Waals surface area (Å²) in [6.45, 7) is 0. The van der Waals surface area contributed by atoms with Gasteiger partial charge in [-0.3, -0.25) is 0 Å². The Balaban J connectivity index is 1.97. The number of benzene rings is 2. The molecule has 1 unspecified atom stereocenters. The molecule has 0 bridgehead atoms. The van der Waals surface area contributed by atoms with E-state index in [0.717, 1.165) is 31.8 Å². The van der Waals surface area contributed by atoms with E-state index < -0.39 is 5.97 Å². The SMILES string of the molecule is O=C(O)/C=C1/c2cc(Cl)ccc2-c2ccc(C3C[I-]3)cc21. The third-order valence-electron chi connectivity index (χ3n) is 3.83. The first kappa shape index (κ1) is 13.3. The molecule has 2 nitrogen and oxygen atoms in total. The number of aliphatic carboxylic acids is 1. The average molecular weight is 410 g/mol. The molecule has 1 fully saturated rings. The van der Waals surface area contributed by atoms with Crippen molar-refractivity contribution in [3.05, 3.63) is 64.2 Å². The van der Waals surface area contributed by atoms with Gasteiger partial charge in [0.1, 0.15) is 0 Å². The molecule has 1 aliphatic heterocycles. The van der Waals surface area contributed by atoms with Crippen LogP contribution in [0, 0.1) is 0 Å². The van der Waals surface area contributed by atoms with Crippen LogP contribution in [0.4, 0.5) is 0 Å². The molecule has 0 spiro atoms. The van der Waals surface area contributed by atoms with Crippen molar-refractivity contribution in [1.29, 1.82) is 0 Å². The Labute approximate surface area is 137 Å². The van der Waals surface area contributed by atoms with Gasteiger partial charge in [0.25, 0.3) is 0 Å². The molecule has 2 aliphatic rings. The summed E-state index contributed by atoms with van der Waals surface area (Å²) in [6.07, 6.45) is 1.30. The van der Waals surface area contributed by atoms with Crippen molar-refractivity contribution < 1.29 is 31.1 Å². The van der Waals surface area contributed by atoms with Crippen molar-refractivity contribution in [2.45, 2.75) is 3.92 Å². The normalized spacial score (nSPS) is 20.6. The van der Waals surface area contributed by atoms with Crippen LogP contribution in [-0.2, 0) is 4.79 Å². The van der Waals surface area contributed by atoms with E-state index in [4.69, 9.17) is 11.6 Å². The van der Waals surface area contributed by atoms with E-state index in [1.54, 1.807) is 0 Å². The van der Waals surface area contributed by atoms with Crippen molar-refractivity contribution in [2.24, 2.45) is 0 Å². The number of hydrogen-bond donors (Lipinski definition) is 1. The standard InChI is InChI=1S/C17H11ClIO2/c18-10-2-4-12-11-3-1-9(16-8-19-16)5-13(11)15(7-17(20)21)14(12)6-10/h1-7,16H,8H2,(H,20,21)/q-1/b15-7+. The summed E-state index contributed by atoms with van der Waals surface area (Å²) in [5.41, 5.74) is 6.26. The van der Waals surface area contributed by atoms with E-state index in [-0.39, 0.29) is 0 Å². The van der Waals surface area contributed by atoms with E-state index in [0.29, 0.717) is 26.2 Å². The molecule has 2 aromatic carbocycles. The number of carbonyl (C=O) groups is 1. The van der Waals surface area contributed by atoms with Crippen LogP contribution in [0.3, 0.4) is 0 Å². The first-order chi connectivity index (χ1) is 10.1. The Morgan fingerprint density at radius 1 is 1.14 bits per heavy atom. The fraction of sp³-hybridized carbons (Fsp3) is 0.118. The molecule has 2 aromatic rings. The van der Waals surface area contributed by atoms with Gasteiger partial charge in [-0.15, -0.1) is 0 Å². The van der Waals surface area contributed by atoms with Crippen LogP contribution >= 0.6 is 11.6 Å². The van der Waals surface area contributed by atoms with Gasteiger partial charge < -0.3 is 0 Å². The zero-order valence-electron chi connectivity index (χ0n) is 10.9. The van der Waals surface area contributed by atoms with Crippen molar-refractivity contribution in [3.8, 4) is 11.1 Å². The van der Waals surface area contributed by atoms with Crippen LogP contribution in [0.5, 0.6) is 0 Å². The molecule has 0 amide bonds. The second-order valence-electron chi connectivity index (χ2n) is 5.17. The molecule has 21 heavy (non-hydrogen) atoms. The summed E-state index contributed by atoms with van der Waals surface area (Å²) in [5.74, 6) is -0.923. The van der Waals surface area contributed by atoms with Crippen molar-refractivity contribution in [1.82, 2.24) is 0 Å². The quantitative estimate of drug-likeness (QED) is 0.389. The van der Waals surface area contributed by atoms with Crippen LogP contribution in [0.2, 0.25) is 5.02 Å². The molecule has 4 rings (SSSR count). The van der Waals surface area contributed by atoms with E-state index in [9.17, 15) is 9.90 Å². The van der Waals surface area contributed by atoms with E-state index in [1.165, 1.54) is 16.1 Å². The number of hydrogen-bond acceptors (Lipinski definition) is 1. The second kappa shape index (κ2) is 4.85. The van der Waals surface area contributed by atoms with Gasteiger partial charge in [0, 0.05) is 0 Å². The third kappa shape index (κ3) is 2.28. The number of alkyl halides is 2. The molecule has 106 valence electrons. The van der Waals surface area contributed by atoms with E-state index >= 15 is 0 Å². The van der Waals surface area contributed by atoms with Crippen LogP contribution in [0.15, 0.2) is 42.5 Å². The van der Waals surface area contributed by atoms with Gasteiger partial charge in [0.05, 0.1) is 0 Å². The maximum absolute atomic E-state index is 11.2. The molecule has 1 atom stereocenters. The predicted molar refractivity (Wildman–Crippen MR) is 79.2 cm³/mol. The fourth-order valence-corrected chi connectivity index (χ4v) is 4.67. The molecule has 4 heteroatoms. The Morgan fingerprint density at radius 2 is 1.81 bits per heavy atom. The molecule has 1 N–H and O–H groups in total. The monoisotopic (exact) mass is 409 g/mol. The summed E-state index contributed by atoms with van der Waals surface area (Å²) in [7, 11) is 0. The zero-order chi connectivity index (χ0) is 14.6. The molecular formula is C17H11ClIO2-. The Kier molecular flexibility index (Phi) is 3.08. The summed E-state index contributed by atoms with van der Waals surface area (Å²) in [4.78, 5) is 11.2. The molecule has 0 radical (unpaired) electrons. The summed E-state index contributed by atoms with van der Waals surface area (Å²) in [6, 6.07) is 12.2. The van der Waals surface area contributed by atoms with Crippen LogP contribution in [-0.4, -0.2) is 15.5 Å². The van der Waals surface area contributed by atoms with Crippen LogP contribution in [0.25, 0.3) is 16.7 Å². The van der Waals surface area contributed by atoms with Gasteiger partial charge in [-0.2, -0.15) is 0 Å². The van der Waals surface area contributed by atoms with Crippen molar-refractivity contribution in [3.63, 3.8) is 0 Å². The predicted octanol–water partition coefficient (Wildman–Crippen LogP) is 0.980. The summed E-state index contributed by atoms with van der Waals surface area (Å²) < 4.78 is 2.10. The minimum absolute atomic E-state index is 0.334. The van der Waals surface area contributed by atoms with Gasteiger partial charge in [-0.25, -0.2) is 0 Å². The summed E-state index contributed by atoms with van der Waals surface area (Å²) in [5, 5.41) is 9.81. The number of carboxylic acids is 1. The minimum atomic E-state index is -0.923. The number of halogens is 2. The number of carboxylic acid groups (broad SMARTS) is 1. The number of rotatable bonds is 2. The zero-order valence-corrected chi connectivity index (χ0v) is 13.9. The van der Waals surface area contributed by atoms with Gasteiger partial charge >= 0.3 is 138 Å². The van der Waals surface area contributed by atoms with Gasteiger partial charge in [0.15, 0.2) is 0 Å². The topological polar surface area (TPSA) is 37.3 Å². The van der Waals surface area contributed by atoms with E-state index in [1.807, 2.05) is 18.2 Å². The summed E-state index contributed by atoms with van der Waals surface area (Å²) >= 11 is 6.42. The molecule has 1 heterocycles.